The van der Waals surface area contributed by atoms with Crippen LogP contribution in [0.5, 0.6) is 5.75 Å². The Balaban J connectivity index is 2.16. The molecule has 10 nitrogen and oxygen atoms in total. The molecule has 1 aromatic rings. The summed E-state index contributed by atoms with van der Waals surface area (Å²) in [6.07, 6.45) is -5.26. The fourth-order valence-corrected chi connectivity index (χ4v) is 10.6. The molecule has 0 aliphatic carbocycles. The quantitative estimate of drug-likeness (QED) is 0.211. The zero-order valence-electron chi connectivity index (χ0n) is 28.0. The van der Waals surface area contributed by atoms with Gasteiger partial charge in [0.1, 0.15) is 35.8 Å². The molecule has 0 aromatic heterocycles. The molecule has 12 heteroatoms. The Morgan fingerprint density at radius 2 is 1.53 bits per heavy atom. The van der Waals surface area contributed by atoms with Crippen molar-refractivity contribution in [3.05, 3.63) is 29.8 Å². The molecule has 1 fully saturated rings. The molecule has 1 aromatic carbocycles. The summed E-state index contributed by atoms with van der Waals surface area (Å²) in [4.78, 5) is 23.3. The van der Waals surface area contributed by atoms with Gasteiger partial charge >= 0.3 is 14.7 Å². The number of benzene rings is 1. The summed E-state index contributed by atoms with van der Waals surface area (Å²) in [7, 11) is -4.94. The number of alkyl carbamates (subject to hydrolysis) is 1. The van der Waals surface area contributed by atoms with Crippen molar-refractivity contribution in [3.8, 4) is 5.75 Å². The minimum Gasteiger partial charge on any atom is -0.462 e. The number of rotatable bonds is 14. The number of nitrogens with one attached hydrogen (secondary N) is 1. The molecular weight excluding hydrogens is 587 g/mol. The van der Waals surface area contributed by atoms with Crippen LogP contribution in [0, 0.1) is 0 Å². The van der Waals surface area contributed by atoms with Gasteiger partial charge in [0.2, 0.25) is 6.29 Å². The lowest BCUT2D eigenvalue weighted by molar-refractivity contribution is -0.273. The molecule has 248 valence electrons. The molecule has 1 aliphatic heterocycles. The average Bonchev–Trinajstić information content (AvgIpc) is 2.88. The van der Waals surface area contributed by atoms with Gasteiger partial charge in [0.15, 0.2) is 9.04 Å². The van der Waals surface area contributed by atoms with Crippen LogP contribution >= 0.6 is 0 Å². The van der Waals surface area contributed by atoms with Gasteiger partial charge in [0.05, 0.1) is 6.61 Å². The SMILES string of the molecule is CC(C)[SiH](O[C@H]1[C@H](O)[C@@H](O)[C@H](Oc2ccc(CCNC(=O)OC(C)(C)C)cc2)O[C@@H]1CO[Si](O)(C(C)C)C(C)C)C(C)C. The Morgan fingerprint density at radius 3 is 2.02 bits per heavy atom. The van der Waals surface area contributed by atoms with E-state index in [1.807, 2.05) is 60.6 Å². The van der Waals surface area contributed by atoms with E-state index < -0.39 is 60.0 Å². The Labute approximate surface area is 261 Å². The molecule has 2 rings (SSSR count). The molecule has 1 heterocycles. The summed E-state index contributed by atoms with van der Waals surface area (Å²) in [5.41, 5.74) is 0.913. The van der Waals surface area contributed by atoms with Gasteiger partial charge in [-0.1, -0.05) is 67.5 Å². The van der Waals surface area contributed by atoms with Crippen molar-refractivity contribution >= 4 is 23.7 Å². The maximum atomic E-state index is 11.9. The molecule has 0 bridgehead atoms. The van der Waals surface area contributed by atoms with Crippen molar-refractivity contribution in [1.82, 2.24) is 5.32 Å². The van der Waals surface area contributed by atoms with Crippen LogP contribution in [0.15, 0.2) is 24.3 Å². The third-order valence-electron chi connectivity index (χ3n) is 7.66. The molecule has 4 N–H and O–H groups in total. The highest BCUT2D eigenvalue weighted by atomic mass is 28.4. The predicted octanol–water partition coefficient (Wildman–Crippen LogP) is 4.78. The first-order valence-corrected chi connectivity index (χ1v) is 19.4. The molecule has 0 radical (unpaired) electrons. The number of amides is 1. The van der Waals surface area contributed by atoms with Gasteiger partial charge in [0, 0.05) is 6.54 Å². The van der Waals surface area contributed by atoms with Crippen molar-refractivity contribution in [3.63, 3.8) is 0 Å². The summed E-state index contributed by atoms with van der Waals surface area (Å²) in [5, 5.41) is 25.1. The summed E-state index contributed by atoms with van der Waals surface area (Å²) >= 11 is 0. The van der Waals surface area contributed by atoms with Crippen LogP contribution in [0.4, 0.5) is 4.79 Å². The van der Waals surface area contributed by atoms with Crippen molar-refractivity contribution in [2.45, 2.75) is 141 Å². The maximum absolute atomic E-state index is 11.9. The van der Waals surface area contributed by atoms with Gasteiger partial charge in [0.25, 0.3) is 0 Å². The summed E-state index contributed by atoms with van der Waals surface area (Å²) in [6, 6.07) is 7.23. The van der Waals surface area contributed by atoms with E-state index in [-0.39, 0.29) is 17.7 Å². The second kappa shape index (κ2) is 16.2. The van der Waals surface area contributed by atoms with Crippen molar-refractivity contribution in [1.29, 1.82) is 0 Å². The maximum Gasteiger partial charge on any atom is 0.407 e. The molecule has 0 spiro atoms. The van der Waals surface area contributed by atoms with E-state index >= 15 is 0 Å². The highest BCUT2D eigenvalue weighted by molar-refractivity contribution is 6.68. The smallest absolute Gasteiger partial charge is 0.407 e. The average molecular weight is 644 g/mol. The number of hydrogen-bond acceptors (Lipinski definition) is 9. The van der Waals surface area contributed by atoms with Crippen LogP contribution in [0.3, 0.4) is 0 Å². The first-order valence-electron chi connectivity index (χ1n) is 15.6. The molecule has 1 saturated heterocycles. The molecule has 43 heavy (non-hydrogen) atoms. The number of aliphatic hydroxyl groups is 2. The Bertz CT molecular complexity index is 968. The van der Waals surface area contributed by atoms with Gasteiger partial charge in [-0.3, -0.25) is 0 Å². The minimum atomic E-state index is -3.12. The first kappa shape index (κ1) is 37.7. The third kappa shape index (κ3) is 11.1. The Morgan fingerprint density at radius 1 is 0.977 bits per heavy atom. The van der Waals surface area contributed by atoms with Crippen LogP contribution in [-0.4, -0.2) is 88.2 Å². The number of carbonyl (C=O) groups is 1. The standard InChI is InChI=1S/C31H57NO9Si2/c1-19(2)42(20(3)4)41-28-25(18-37-43(36,21(5)6)22(7)8)39-29(27(34)26(28)33)38-24-14-12-23(13-15-24)16-17-32-30(35)40-31(9,10)11/h12-15,19-22,25-29,33-34,36,42H,16-18H2,1-11H3,(H,32,35)/t25-,26-,27-,28-,29-/m1/s1. The molecule has 1 amide bonds. The second-order valence-electron chi connectivity index (χ2n) is 13.9. The minimum absolute atomic E-state index is 0.00822. The molecule has 0 unspecified atom stereocenters. The lowest BCUT2D eigenvalue weighted by Gasteiger charge is -2.45. The van der Waals surface area contributed by atoms with E-state index in [2.05, 4.69) is 33.0 Å². The summed E-state index contributed by atoms with van der Waals surface area (Å²) in [5.74, 6) is 0.450. The number of aliphatic hydroxyl groups excluding tert-OH is 2. The lowest BCUT2D eigenvalue weighted by atomic mass is 9.99. The van der Waals surface area contributed by atoms with Crippen molar-refractivity contribution < 1.29 is 42.9 Å². The van der Waals surface area contributed by atoms with Crippen LogP contribution in [-0.2, 0) is 24.7 Å². The molecule has 0 saturated carbocycles. The van der Waals surface area contributed by atoms with E-state index in [0.717, 1.165) is 5.56 Å². The third-order valence-corrected chi connectivity index (χ3v) is 14.9. The molecule has 5 atom stereocenters. The van der Waals surface area contributed by atoms with Crippen molar-refractivity contribution in [2.24, 2.45) is 0 Å². The van der Waals surface area contributed by atoms with E-state index in [0.29, 0.717) is 29.8 Å². The lowest BCUT2D eigenvalue weighted by Crippen LogP contribution is -2.63. The largest absolute Gasteiger partial charge is 0.462 e. The monoisotopic (exact) mass is 643 g/mol. The van der Waals surface area contributed by atoms with Gasteiger partial charge in [-0.25, -0.2) is 4.79 Å². The summed E-state index contributed by atoms with van der Waals surface area (Å²) < 4.78 is 30.3. The highest BCUT2D eigenvalue weighted by Gasteiger charge is 2.50. The Kier molecular flexibility index (Phi) is 14.2. The van der Waals surface area contributed by atoms with E-state index in [1.165, 1.54) is 0 Å². The van der Waals surface area contributed by atoms with E-state index in [4.69, 9.17) is 23.1 Å². The number of carbonyl (C=O) groups excluding carboxylic acids is 1. The zero-order valence-corrected chi connectivity index (χ0v) is 30.2. The van der Waals surface area contributed by atoms with Gasteiger partial charge in [-0.2, -0.15) is 0 Å². The van der Waals surface area contributed by atoms with Gasteiger partial charge < -0.3 is 43.4 Å². The first-order chi connectivity index (χ1) is 19.9. The molecule has 1 aliphatic rings. The molecular formula is C31H57NO9Si2. The van der Waals surface area contributed by atoms with Crippen LogP contribution < -0.4 is 10.1 Å². The van der Waals surface area contributed by atoms with Crippen LogP contribution in [0.1, 0.15) is 81.7 Å². The number of hydrogen-bond donors (Lipinski definition) is 4. The highest BCUT2D eigenvalue weighted by Crippen LogP contribution is 2.34. The van der Waals surface area contributed by atoms with Gasteiger partial charge in [-0.15, -0.1) is 0 Å². The predicted molar refractivity (Wildman–Crippen MR) is 172 cm³/mol. The van der Waals surface area contributed by atoms with Crippen LogP contribution in [0.25, 0.3) is 0 Å². The zero-order chi connectivity index (χ0) is 32.7. The topological polar surface area (TPSA) is 136 Å². The van der Waals surface area contributed by atoms with Crippen molar-refractivity contribution in [2.75, 3.05) is 13.2 Å². The van der Waals surface area contributed by atoms with Gasteiger partial charge in [-0.05, 0) is 67.1 Å². The van der Waals surface area contributed by atoms with Crippen LogP contribution in [0.2, 0.25) is 22.2 Å². The number of ether oxygens (including phenoxy) is 3. The normalized spacial score (nSPS) is 23.5. The fraction of sp³-hybridized carbons (Fsp3) is 0.774. The van der Waals surface area contributed by atoms with E-state index in [9.17, 15) is 19.8 Å². The Hall–Kier alpha value is -1.52. The van der Waals surface area contributed by atoms with E-state index in [1.54, 1.807) is 12.1 Å². The fourth-order valence-electron chi connectivity index (χ4n) is 5.28. The second-order valence-corrected chi connectivity index (χ2v) is 21.9. The summed E-state index contributed by atoms with van der Waals surface area (Å²) in [6.45, 7) is 22.1.